The normalized spacial score (nSPS) is 16.3. The van der Waals surface area contributed by atoms with Crippen molar-refractivity contribution in [2.45, 2.75) is 225 Å². The minimum absolute atomic E-state index is 0.0942. The summed E-state index contributed by atoms with van der Waals surface area (Å²) >= 11 is 7.97. The van der Waals surface area contributed by atoms with Gasteiger partial charge in [0, 0.05) is 19.8 Å². The van der Waals surface area contributed by atoms with E-state index in [9.17, 15) is 0 Å². The number of fused-ring (bicyclic) bond motifs is 6. The molecule has 0 nitrogen and oxygen atoms in total. The van der Waals surface area contributed by atoms with E-state index in [1.54, 1.807) is 33.4 Å². The zero-order valence-electron chi connectivity index (χ0n) is 35.9. The van der Waals surface area contributed by atoms with Gasteiger partial charge < -0.3 is 0 Å². The van der Waals surface area contributed by atoms with Crippen molar-refractivity contribution < 1.29 is 0 Å². The third-order valence-corrected chi connectivity index (χ3v) is 14.8. The zero-order valence-corrected chi connectivity index (χ0v) is 39.1. The molecule has 0 saturated carbocycles. The van der Waals surface area contributed by atoms with Crippen molar-refractivity contribution in [2.24, 2.45) is 0 Å². The van der Waals surface area contributed by atoms with Gasteiger partial charge in [-0.05, 0) is 107 Å². The van der Waals surface area contributed by atoms with E-state index in [0.29, 0.717) is 0 Å². The largest absolute Gasteiger partial charge is 0.0654 e. The molecule has 2 aliphatic carbocycles. The maximum absolute atomic E-state index is 3.99. The van der Waals surface area contributed by atoms with Gasteiger partial charge in [-0.1, -0.05) is 232 Å². The van der Waals surface area contributed by atoms with Crippen LogP contribution in [0.1, 0.15) is 236 Å². The summed E-state index contributed by atoms with van der Waals surface area (Å²) in [7, 11) is 0. The van der Waals surface area contributed by atoms with Crippen molar-refractivity contribution >= 4 is 31.9 Å². The quantitative estimate of drug-likeness (QED) is 0.0610. The Labute approximate surface area is 356 Å². The number of hydrogen-bond donors (Lipinski definition) is 0. The first-order valence-electron chi connectivity index (χ1n) is 23.8. The Morgan fingerprint density at radius 2 is 0.564 bits per heavy atom. The second-order valence-corrected chi connectivity index (χ2v) is 19.7. The van der Waals surface area contributed by atoms with Gasteiger partial charge in [0.2, 0.25) is 0 Å². The fourth-order valence-electron chi connectivity index (χ4n) is 10.8. The molecule has 0 spiro atoms. The van der Waals surface area contributed by atoms with Crippen molar-refractivity contribution in [3.05, 3.63) is 79.7 Å². The highest BCUT2D eigenvalue weighted by molar-refractivity contribution is 9.10. The number of rotatable bonds is 29. The third-order valence-electron chi connectivity index (χ3n) is 13.8. The van der Waals surface area contributed by atoms with E-state index in [0.717, 1.165) is 0 Å². The highest BCUT2D eigenvalue weighted by atomic mass is 79.9. The molecule has 55 heavy (non-hydrogen) atoms. The SMILES string of the molecule is CCCCCCCCCC1(CCCCCCCC)c2cc(Br)ccc2-c2cc3c(cc21)-c1ccc(Br)cc1C3(CCCCCCCC)CCCCCCCC. The lowest BCUT2D eigenvalue weighted by Crippen LogP contribution is -2.27. The summed E-state index contributed by atoms with van der Waals surface area (Å²) in [5, 5.41) is 0. The molecule has 0 bridgehead atoms. The molecule has 0 amide bonds. The van der Waals surface area contributed by atoms with E-state index in [2.05, 4.69) is 108 Å². The smallest absolute Gasteiger partial charge is 0.0215 e. The minimum Gasteiger partial charge on any atom is -0.0654 e. The van der Waals surface area contributed by atoms with Crippen molar-refractivity contribution in [2.75, 3.05) is 0 Å². The third kappa shape index (κ3) is 11.2. The molecule has 1 atom stereocenters. The fraction of sp³-hybridized carbons (Fsp3) is 0.660. The Hall–Kier alpha value is -1.38. The minimum atomic E-state index is 0.0942. The summed E-state index contributed by atoms with van der Waals surface area (Å²) in [5.74, 6) is 0. The van der Waals surface area contributed by atoms with Crippen molar-refractivity contribution in [1.82, 2.24) is 0 Å². The average molecular weight is 875 g/mol. The molecule has 0 saturated heterocycles. The highest BCUT2D eigenvalue weighted by Crippen LogP contribution is 2.61. The fourth-order valence-corrected chi connectivity index (χ4v) is 11.5. The van der Waals surface area contributed by atoms with Gasteiger partial charge in [0.1, 0.15) is 0 Å². The van der Waals surface area contributed by atoms with Gasteiger partial charge >= 0.3 is 0 Å². The van der Waals surface area contributed by atoms with Gasteiger partial charge in [-0.15, -0.1) is 0 Å². The first kappa shape index (κ1) is 44.7. The molecular weight excluding hydrogens is 796 g/mol. The van der Waals surface area contributed by atoms with Crippen molar-refractivity contribution in [1.29, 1.82) is 0 Å². The van der Waals surface area contributed by atoms with Gasteiger partial charge in [0.25, 0.3) is 0 Å². The number of hydrogen-bond acceptors (Lipinski definition) is 0. The Balaban J connectivity index is 1.58. The molecule has 0 fully saturated rings. The van der Waals surface area contributed by atoms with Crippen LogP contribution in [0.25, 0.3) is 22.3 Å². The molecule has 0 aliphatic heterocycles. The van der Waals surface area contributed by atoms with E-state index in [4.69, 9.17) is 0 Å². The van der Waals surface area contributed by atoms with Gasteiger partial charge in [0.05, 0.1) is 0 Å². The molecule has 304 valence electrons. The van der Waals surface area contributed by atoms with Crippen LogP contribution in [0.4, 0.5) is 0 Å². The van der Waals surface area contributed by atoms with Crippen LogP contribution in [0.2, 0.25) is 0 Å². The van der Waals surface area contributed by atoms with E-state index >= 15 is 0 Å². The molecule has 2 heteroatoms. The molecule has 0 N–H and O–H groups in total. The van der Waals surface area contributed by atoms with E-state index in [1.165, 1.54) is 206 Å². The molecule has 1 unspecified atom stereocenters. The second kappa shape index (κ2) is 23.3. The molecule has 2 aliphatic rings. The summed E-state index contributed by atoms with van der Waals surface area (Å²) < 4.78 is 2.49. The van der Waals surface area contributed by atoms with Gasteiger partial charge in [-0.3, -0.25) is 0 Å². The molecular formula is C53H78Br2. The summed E-state index contributed by atoms with van der Waals surface area (Å²) in [6.07, 6.45) is 39.1. The van der Waals surface area contributed by atoms with Crippen LogP contribution in [0.5, 0.6) is 0 Å². The lowest BCUT2D eigenvalue weighted by atomic mass is 9.68. The summed E-state index contributed by atoms with van der Waals surface area (Å²) in [4.78, 5) is 0. The Kier molecular flexibility index (Phi) is 18.9. The lowest BCUT2D eigenvalue weighted by Gasteiger charge is -2.35. The zero-order chi connectivity index (χ0) is 38.9. The first-order chi connectivity index (χ1) is 27.0. The molecule has 0 aromatic heterocycles. The van der Waals surface area contributed by atoms with Crippen LogP contribution in [0, 0.1) is 0 Å². The maximum atomic E-state index is 3.99. The lowest BCUT2D eigenvalue weighted by molar-refractivity contribution is 0.394. The Bertz CT molecular complexity index is 1570. The monoisotopic (exact) mass is 872 g/mol. The predicted octanol–water partition coefficient (Wildman–Crippen LogP) is 19.1. The van der Waals surface area contributed by atoms with Crippen molar-refractivity contribution in [3.63, 3.8) is 0 Å². The predicted molar refractivity (Wildman–Crippen MR) is 251 cm³/mol. The number of halogens is 2. The Morgan fingerprint density at radius 1 is 0.309 bits per heavy atom. The Morgan fingerprint density at radius 3 is 0.855 bits per heavy atom. The summed E-state index contributed by atoms with van der Waals surface area (Å²) in [6, 6.07) is 20.3. The van der Waals surface area contributed by atoms with Crippen LogP contribution in [-0.2, 0) is 10.8 Å². The van der Waals surface area contributed by atoms with Gasteiger partial charge in [-0.25, -0.2) is 0 Å². The molecule has 0 heterocycles. The molecule has 3 aromatic rings. The van der Waals surface area contributed by atoms with E-state index < -0.39 is 0 Å². The van der Waals surface area contributed by atoms with Crippen molar-refractivity contribution in [3.8, 4) is 22.3 Å². The van der Waals surface area contributed by atoms with Crippen LogP contribution < -0.4 is 0 Å². The average Bonchev–Trinajstić information content (AvgIpc) is 3.59. The number of unbranched alkanes of at least 4 members (excludes halogenated alkanes) is 21. The second-order valence-electron chi connectivity index (χ2n) is 17.9. The van der Waals surface area contributed by atoms with Crippen LogP contribution in [0.15, 0.2) is 57.5 Å². The summed E-state index contributed by atoms with van der Waals surface area (Å²) in [5.41, 5.74) is 12.9. The molecule has 0 radical (unpaired) electrons. The summed E-state index contributed by atoms with van der Waals surface area (Å²) in [6.45, 7) is 9.35. The van der Waals surface area contributed by atoms with Crippen LogP contribution >= 0.6 is 31.9 Å². The van der Waals surface area contributed by atoms with Gasteiger partial charge in [0.15, 0.2) is 0 Å². The maximum Gasteiger partial charge on any atom is 0.0215 e. The molecule has 3 aromatic carbocycles. The van der Waals surface area contributed by atoms with Crippen LogP contribution in [0.3, 0.4) is 0 Å². The van der Waals surface area contributed by atoms with Gasteiger partial charge in [-0.2, -0.15) is 0 Å². The van der Waals surface area contributed by atoms with Crippen LogP contribution in [-0.4, -0.2) is 0 Å². The van der Waals surface area contributed by atoms with E-state index in [1.807, 2.05) is 0 Å². The van der Waals surface area contributed by atoms with E-state index in [-0.39, 0.29) is 10.8 Å². The number of benzene rings is 3. The molecule has 5 rings (SSSR count). The highest BCUT2D eigenvalue weighted by Gasteiger charge is 2.47. The first-order valence-corrected chi connectivity index (χ1v) is 25.3. The standard InChI is InChI=1S/C53H78Br2/c1-5-9-13-17-21-25-29-37-53(36-28-24-20-16-12-8-4)49-39-43(55)31-33-45(49)47-40-50-46(41-51(47)53)44-32-30-42(54)38-48(44)52(50,34-26-22-18-14-10-6-2)35-27-23-19-15-11-7-3/h30-33,38-41H,5-29,34-37H2,1-4H3. The topological polar surface area (TPSA) is 0 Å².